The molecule has 0 aliphatic carbocycles. The number of aliphatic carboxylic acids is 2. The van der Waals surface area contributed by atoms with E-state index in [-0.39, 0.29) is 5.75 Å². The topological polar surface area (TPSA) is 153 Å². The molecule has 1 saturated heterocycles. The Kier molecular flexibility index (Phi) is 5.91. The highest BCUT2D eigenvalue weighted by Crippen LogP contribution is 2.21. The van der Waals surface area contributed by atoms with E-state index in [0.717, 1.165) is 0 Å². The third-order valence-electron chi connectivity index (χ3n) is 3.72. The van der Waals surface area contributed by atoms with Crippen LogP contribution in [0.4, 0.5) is 4.79 Å². The highest BCUT2D eigenvalue weighted by atomic mass is 16.4. The van der Waals surface area contributed by atoms with Crippen molar-refractivity contribution >= 4 is 35.9 Å². The fourth-order valence-corrected chi connectivity index (χ4v) is 2.37. The van der Waals surface area contributed by atoms with Gasteiger partial charge in [0.25, 0.3) is 11.8 Å². The first kappa shape index (κ1) is 19.6. The summed E-state index contributed by atoms with van der Waals surface area (Å²) < 4.78 is 0. The molecule has 0 atom stereocenters. The van der Waals surface area contributed by atoms with Crippen LogP contribution in [0.25, 0.3) is 6.08 Å². The molecule has 0 radical (unpaired) electrons. The number of aromatic hydroxyl groups is 1. The van der Waals surface area contributed by atoms with E-state index < -0.39 is 61.3 Å². The average Bonchev–Trinajstić information content (AvgIpc) is 2.59. The van der Waals surface area contributed by atoms with E-state index in [4.69, 9.17) is 10.2 Å². The van der Waals surface area contributed by atoms with E-state index in [9.17, 15) is 29.1 Å². The van der Waals surface area contributed by atoms with Crippen LogP contribution >= 0.6 is 0 Å². The van der Waals surface area contributed by atoms with Crippen molar-refractivity contribution in [2.24, 2.45) is 0 Å². The number of urea groups is 1. The van der Waals surface area contributed by atoms with Crippen LogP contribution in [0.3, 0.4) is 0 Å². The molecule has 1 aliphatic rings. The lowest BCUT2D eigenvalue weighted by molar-refractivity contribution is -0.138. The van der Waals surface area contributed by atoms with E-state index in [0.29, 0.717) is 15.4 Å². The number of hydrogen-bond donors (Lipinski definition) is 3. The van der Waals surface area contributed by atoms with Gasteiger partial charge in [-0.05, 0) is 23.8 Å². The molecule has 142 valence electrons. The zero-order valence-electron chi connectivity index (χ0n) is 14.0. The third kappa shape index (κ3) is 4.69. The van der Waals surface area contributed by atoms with E-state index in [1.54, 1.807) is 0 Å². The molecule has 1 aromatic rings. The molecule has 0 unspecified atom stereocenters. The van der Waals surface area contributed by atoms with Gasteiger partial charge in [-0.1, -0.05) is 12.1 Å². The molecule has 10 nitrogen and oxygen atoms in total. The summed E-state index contributed by atoms with van der Waals surface area (Å²) in [6.45, 7) is -0.923. The molecule has 1 heterocycles. The van der Waals surface area contributed by atoms with Crippen molar-refractivity contribution in [3.63, 3.8) is 0 Å². The number of benzene rings is 1. The molecule has 1 fully saturated rings. The van der Waals surface area contributed by atoms with Gasteiger partial charge in [-0.2, -0.15) is 0 Å². The lowest BCUT2D eigenvalue weighted by Crippen LogP contribution is -2.57. The summed E-state index contributed by atoms with van der Waals surface area (Å²) in [4.78, 5) is 60.2. The van der Waals surface area contributed by atoms with Crippen LogP contribution in [0, 0.1) is 0 Å². The highest BCUT2D eigenvalue weighted by Gasteiger charge is 2.41. The quantitative estimate of drug-likeness (QED) is 0.460. The first-order valence-corrected chi connectivity index (χ1v) is 7.82. The van der Waals surface area contributed by atoms with Crippen LogP contribution in [0.15, 0.2) is 29.8 Å². The van der Waals surface area contributed by atoms with Crippen molar-refractivity contribution in [3.8, 4) is 5.75 Å². The largest absolute Gasteiger partial charge is 0.508 e. The van der Waals surface area contributed by atoms with Crippen LogP contribution in [0.5, 0.6) is 5.75 Å². The standard InChI is InChI=1S/C17H16N2O8/c20-11-3-1-10(2-4-11)9-12-15(25)18(7-5-13(21)22)17(27)19(16(12)26)8-6-14(23)24/h1-4,9,20H,5-8H2,(H,21,22)(H,23,24). The second-order valence-corrected chi connectivity index (χ2v) is 5.63. The number of carbonyl (C=O) groups is 5. The number of hydrogen-bond acceptors (Lipinski definition) is 6. The Balaban J connectivity index is 2.39. The Morgan fingerprint density at radius 1 is 0.852 bits per heavy atom. The predicted octanol–water partition coefficient (Wildman–Crippen LogP) is 0.516. The molecule has 4 amide bonds. The van der Waals surface area contributed by atoms with Crippen LogP contribution in [0.1, 0.15) is 18.4 Å². The molecule has 0 aromatic heterocycles. The molecule has 1 aliphatic heterocycles. The van der Waals surface area contributed by atoms with Gasteiger partial charge >= 0.3 is 18.0 Å². The van der Waals surface area contributed by atoms with Crippen LogP contribution in [0.2, 0.25) is 0 Å². The number of carboxylic acid groups (broad SMARTS) is 2. The summed E-state index contributed by atoms with van der Waals surface area (Å²) in [5.41, 5.74) is -0.0220. The molecule has 10 heteroatoms. The first-order valence-electron chi connectivity index (χ1n) is 7.82. The normalized spacial score (nSPS) is 14.5. The lowest BCUT2D eigenvalue weighted by Gasteiger charge is -2.33. The molecule has 0 spiro atoms. The van der Waals surface area contributed by atoms with Gasteiger partial charge in [0.05, 0.1) is 12.8 Å². The second-order valence-electron chi connectivity index (χ2n) is 5.63. The molecular weight excluding hydrogens is 360 g/mol. The zero-order valence-corrected chi connectivity index (χ0v) is 14.0. The Bertz CT molecular complexity index is 786. The van der Waals surface area contributed by atoms with Gasteiger partial charge < -0.3 is 15.3 Å². The van der Waals surface area contributed by atoms with E-state index in [1.165, 1.54) is 30.3 Å². The van der Waals surface area contributed by atoms with Crippen molar-refractivity contribution in [3.05, 3.63) is 35.4 Å². The molecule has 27 heavy (non-hydrogen) atoms. The lowest BCUT2D eigenvalue weighted by atomic mass is 10.1. The van der Waals surface area contributed by atoms with Crippen LogP contribution in [-0.2, 0) is 19.2 Å². The van der Waals surface area contributed by atoms with Crippen molar-refractivity contribution in [1.82, 2.24) is 9.80 Å². The van der Waals surface area contributed by atoms with Crippen molar-refractivity contribution < 1.29 is 39.3 Å². The van der Waals surface area contributed by atoms with Gasteiger partial charge in [0.15, 0.2) is 0 Å². The van der Waals surface area contributed by atoms with Gasteiger partial charge in [-0.15, -0.1) is 0 Å². The van der Waals surface area contributed by atoms with Gasteiger partial charge in [0.1, 0.15) is 11.3 Å². The number of imide groups is 2. The molecule has 1 aromatic carbocycles. The number of carbonyl (C=O) groups excluding carboxylic acids is 3. The SMILES string of the molecule is O=C(O)CCN1C(=O)C(=Cc2ccc(O)cc2)C(=O)N(CCC(=O)O)C1=O. The Hall–Kier alpha value is -3.69. The van der Waals surface area contributed by atoms with Gasteiger partial charge in [0.2, 0.25) is 0 Å². The summed E-state index contributed by atoms with van der Waals surface area (Å²) in [7, 11) is 0. The molecule has 3 N–H and O–H groups in total. The van der Waals surface area contributed by atoms with E-state index in [2.05, 4.69) is 0 Å². The maximum atomic E-state index is 12.5. The summed E-state index contributed by atoms with van der Waals surface area (Å²) in [5, 5.41) is 26.9. The molecular formula is C17H16N2O8. The summed E-state index contributed by atoms with van der Waals surface area (Å²) in [6.07, 6.45) is 0.147. The third-order valence-corrected chi connectivity index (χ3v) is 3.72. The minimum Gasteiger partial charge on any atom is -0.508 e. The summed E-state index contributed by atoms with van der Waals surface area (Å²) in [5.74, 6) is -4.45. The van der Waals surface area contributed by atoms with Crippen LogP contribution < -0.4 is 0 Å². The Morgan fingerprint density at radius 3 is 1.70 bits per heavy atom. The van der Waals surface area contributed by atoms with E-state index >= 15 is 0 Å². The minimum absolute atomic E-state index is 0.0280. The molecule has 0 bridgehead atoms. The smallest absolute Gasteiger partial charge is 0.333 e. The van der Waals surface area contributed by atoms with Crippen molar-refractivity contribution in [2.45, 2.75) is 12.8 Å². The second kappa shape index (κ2) is 8.13. The maximum absolute atomic E-state index is 12.5. The fraction of sp³-hybridized carbons (Fsp3) is 0.235. The number of phenolic OH excluding ortho intramolecular Hbond substituents is 1. The fourth-order valence-electron chi connectivity index (χ4n) is 2.37. The maximum Gasteiger partial charge on any atom is 0.333 e. The number of phenols is 1. The monoisotopic (exact) mass is 376 g/mol. The van der Waals surface area contributed by atoms with Crippen LogP contribution in [-0.4, -0.2) is 68.0 Å². The summed E-state index contributed by atoms with van der Waals surface area (Å²) >= 11 is 0. The number of rotatable bonds is 7. The minimum atomic E-state index is -1.24. The average molecular weight is 376 g/mol. The van der Waals surface area contributed by atoms with E-state index in [1.807, 2.05) is 0 Å². The van der Waals surface area contributed by atoms with Gasteiger partial charge in [-0.3, -0.25) is 29.0 Å². The van der Waals surface area contributed by atoms with Gasteiger partial charge in [0, 0.05) is 13.1 Å². The van der Waals surface area contributed by atoms with Crippen molar-refractivity contribution in [1.29, 1.82) is 0 Å². The van der Waals surface area contributed by atoms with Gasteiger partial charge in [-0.25, -0.2) is 4.79 Å². The van der Waals surface area contributed by atoms with Crippen molar-refractivity contribution in [2.75, 3.05) is 13.1 Å². The number of amides is 4. The summed E-state index contributed by atoms with van der Waals surface area (Å²) in [6, 6.07) is 4.47. The number of carboxylic acids is 2. The molecule has 0 saturated carbocycles. The first-order chi connectivity index (χ1) is 12.7. The number of barbiturate groups is 1. The predicted molar refractivity (Wildman–Crippen MR) is 89.4 cm³/mol. The number of nitrogens with zero attached hydrogens (tertiary/aromatic N) is 2. The highest BCUT2D eigenvalue weighted by molar-refractivity contribution is 6.31. The Morgan fingerprint density at radius 2 is 1.30 bits per heavy atom. The Labute approximate surface area is 152 Å². The molecule has 2 rings (SSSR count). The zero-order chi connectivity index (χ0) is 20.1.